The van der Waals surface area contributed by atoms with Gasteiger partial charge in [0.05, 0.1) is 5.52 Å². The van der Waals surface area contributed by atoms with Gasteiger partial charge in [0.25, 0.3) is 0 Å². The molecule has 9 heteroatoms. The number of halogens is 4. The lowest BCUT2D eigenvalue weighted by Crippen LogP contribution is -2.40. The van der Waals surface area contributed by atoms with Crippen LogP contribution in [-0.2, 0) is 11.0 Å². The maximum absolute atomic E-state index is 12.9. The van der Waals surface area contributed by atoms with Crippen molar-refractivity contribution in [2.24, 2.45) is 11.8 Å². The summed E-state index contributed by atoms with van der Waals surface area (Å²) in [4.78, 5) is 24.3. The fourth-order valence-corrected chi connectivity index (χ4v) is 3.90. The molecule has 1 saturated heterocycles. The lowest BCUT2D eigenvalue weighted by Gasteiger charge is -2.35. The molecule has 0 bridgehead atoms. The molecule has 1 amide bonds. The van der Waals surface area contributed by atoms with E-state index in [0.29, 0.717) is 22.6 Å². The first kappa shape index (κ1) is 21.6. The van der Waals surface area contributed by atoms with Crippen LogP contribution in [0, 0.1) is 11.8 Å². The molecule has 1 aliphatic carbocycles. The van der Waals surface area contributed by atoms with Crippen molar-refractivity contribution in [2.45, 2.75) is 31.9 Å². The van der Waals surface area contributed by atoms with Crippen molar-refractivity contribution in [1.29, 1.82) is 0 Å². The van der Waals surface area contributed by atoms with Gasteiger partial charge >= 0.3 is 6.18 Å². The first-order valence-electron chi connectivity index (χ1n) is 9.66. The largest absolute Gasteiger partial charge is 0.433 e. The van der Waals surface area contributed by atoms with Crippen molar-refractivity contribution in [3.05, 3.63) is 30.1 Å². The van der Waals surface area contributed by atoms with Crippen LogP contribution in [0.4, 0.5) is 19.0 Å². The maximum Gasteiger partial charge on any atom is 0.433 e. The van der Waals surface area contributed by atoms with Crippen LogP contribution in [0.5, 0.6) is 0 Å². The molecule has 0 unspecified atom stereocenters. The number of carbonyl (C=O) groups excluding carboxylic acids is 1. The van der Waals surface area contributed by atoms with Crippen LogP contribution in [0.15, 0.2) is 24.4 Å². The standard InChI is InChI=1S/C20H23F3N4O.ClH/c1-26(19(28)14-2-3-14)12-13-7-10-27(11-8-13)18-15-4-5-17(20(21,22)23)25-16(15)6-9-24-18;/h4-6,9,13-14H,2-3,7-8,10-12H2,1H3;1H. The van der Waals surface area contributed by atoms with Crippen molar-refractivity contribution in [2.75, 3.05) is 31.6 Å². The molecule has 5 nitrogen and oxygen atoms in total. The highest BCUT2D eigenvalue weighted by molar-refractivity contribution is 5.89. The van der Waals surface area contributed by atoms with Crippen LogP contribution in [0.1, 0.15) is 31.4 Å². The summed E-state index contributed by atoms with van der Waals surface area (Å²) in [5.41, 5.74) is -0.587. The number of carbonyl (C=O) groups is 1. The van der Waals surface area contributed by atoms with Crippen molar-refractivity contribution < 1.29 is 18.0 Å². The number of fused-ring (bicyclic) bond motifs is 1. The van der Waals surface area contributed by atoms with Crippen molar-refractivity contribution in [1.82, 2.24) is 14.9 Å². The second-order valence-corrected chi connectivity index (χ2v) is 7.82. The highest BCUT2D eigenvalue weighted by atomic mass is 35.5. The average molecular weight is 429 g/mol. The fourth-order valence-electron chi connectivity index (χ4n) is 3.90. The molecular weight excluding hydrogens is 405 g/mol. The Bertz CT molecular complexity index is 880. The van der Waals surface area contributed by atoms with Gasteiger partial charge in [-0.15, -0.1) is 12.4 Å². The minimum atomic E-state index is -4.46. The van der Waals surface area contributed by atoms with E-state index >= 15 is 0 Å². The van der Waals surface area contributed by atoms with E-state index in [1.54, 1.807) is 0 Å². The van der Waals surface area contributed by atoms with E-state index in [4.69, 9.17) is 0 Å². The molecule has 2 aromatic rings. The van der Waals surface area contributed by atoms with Gasteiger partial charge in [-0.1, -0.05) is 0 Å². The molecule has 2 aliphatic rings. The number of anilines is 1. The highest BCUT2D eigenvalue weighted by Crippen LogP contribution is 2.33. The van der Waals surface area contributed by atoms with Crippen LogP contribution in [0.25, 0.3) is 10.9 Å². The Morgan fingerprint density at radius 1 is 1.17 bits per heavy atom. The van der Waals surface area contributed by atoms with Gasteiger partial charge in [0, 0.05) is 44.2 Å². The highest BCUT2D eigenvalue weighted by Gasteiger charge is 2.34. The van der Waals surface area contributed by atoms with Gasteiger partial charge in [-0.25, -0.2) is 9.97 Å². The van der Waals surface area contributed by atoms with Gasteiger partial charge < -0.3 is 9.80 Å². The molecule has 1 aliphatic heterocycles. The first-order chi connectivity index (χ1) is 13.3. The van der Waals surface area contributed by atoms with Crippen molar-refractivity contribution in [3.63, 3.8) is 0 Å². The lowest BCUT2D eigenvalue weighted by molar-refractivity contribution is -0.141. The van der Waals surface area contributed by atoms with E-state index in [1.165, 1.54) is 18.3 Å². The van der Waals surface area contributed by atoms with Crippen LogP contribution in [-0.4, -0.2) is 47.5 Å². The molecule has 0 radical (unpaired) electrons. The molecule has 3 heterocycles. The summed E-state index contributed by atoms with van der Waals surface area (Å²) in [5.74, 6) is 1.61. The normalized spacial score (nSPS) is 17.9. The number of hydrogen-bond donors (Lipinski definition) is 0. The molecule has 0 spiro atoms. The number of aromatic nitrogens is 2. The Balaban J connectivity index is 0.00000240. The van der Waals surface area contributed by atoms with E-state index in [0.717, 1.165) is 51.4 Å². The summed E-state index contributed by atoms with van der Waals surface area (Å²) >= 11 is 0. The minimum Gasteiger partial charge on any atom is -0.356 e. The molecule has 0 aromatic carbocycles. The summed E-state index contributed by atoms with van der Waals surface area (Å²) < 4.78 is 38.7. The van der Waals surface area contributed by atoms with E-state index in [2.05, 4.69) is 14.9 Å². The van der Waals surface area contributed by atoms with E-state index in [-0.39, 0.29) is 24.2 Å². The predicted molar refractivity (Wildman–Crippen MR) is 107 cm³/mol. The smallest absolute Gasteiger partial charge is 0.356 e. The number of amides is 1. The SMILES string of the molecule is CN(CC1CCN(c2nccc3nc(C(F)(F)F)ccc23)CC1)C(=O)C1CC1.Cl. The van der Waals surface area contributed by atoms with Crippen LogP contribution in [0.2, 0.25) is 0 Å². The summed E-state index contributed by atoms with van der Waals surface area (Å²) in [6.45, 7) is 2.30. The molecule has 2 fully saturated rings. The maximum atomic E-state index is 12.9. The number of alkyl halides is 3. The zero-order valence-corrected chi connectivity index (χ0v) is 17.0. The summed E-state index contributed by atoms with van der Waals surface area (Å²) in [5, 5.41) is 0.634. The van der Waals surface area contributed by atoms with Gasteiger partial charge in [0.1, 0.15) is 11.5 Å². The fraction of sp³-hybridized carbons (Fsp3) is 0.550. The zero-order chi connectivity index (χ0) is 19.9. The van der Waals surface area contributed by atoms with Gasteiger partial charge in [-0.05, 0) is 49.8 Å². The molecule has 158 valence electrons. The molecule has 4 rings (SSSR count). The summed E-state index contributed by atoms with van der Waals surface area (Å²) in [7, 11) is 1.88. The Labute approximate surface area is 173 Å². The molecular formula is C20H24ClF3N4O. The minimum absolute atomic E-state index is 0. The van der Waals surface area contributed by atoms with E-state index in [9.17, 15) is 18.0 Å². The third-order valence-electron chi connectivity index (χ3n) is 5.63. The number of nitrogens with zero attached hydrogens (tertiary/aromatic N) is 4. The van der Waals surface area contributed by atoms with Gasteiger partial charge in [-0.3, -0.25) is 4.79 Å². The van der Waals surface area contributed by atoms with Gasteiger partial charge in [0.15, 0.2) is 0 Å². The number of piperidine rings is 1. The topological polar surface area (TPSA) is 49.3 Å². The Morgan fingerprint density at radius 3 is 2.48 bits per heavy atom. The van der Waals surface area contributed by atoms with Gasteiger partial charge in [0.2, 0.25) is 5.91 Å². The monoisotopic (exact) mass is 428 g/mol. The predicted octanol–water partition coefficient (Wildman–Crippen LogP) is 4.16. The molecule has 29 heavy (non-hydrogen) atoms. The van der Waals surface area contributed by atoms with Crippen molar-refractivity contribution in [3.8, 4) is 0 Å². The second-order valence-electron chi connectivity index (χ2n) is 7.82. The number of rotatable bonds is 4. The first-order valence-corrected chi connectivity index (χ1v) is 9.66. The Hall–Kier alpha value is -2.09. The van der Waals surface area contributed by atoms with Gasteiger partial charge in [-0.2, -0.15) is 13.2 Å². The third-order valence-corrected chi connectivity index (χ3v) is 5.63. The molecule has 0 N–H and O–H groups in total. The second kappa shape index (κ2) is 8.34. The quantitative estimate of drug-likeness (QED) is 0.733. The Morgan fingerprint density at radius 2 is 1.86 bits per heavy atom. The van der Waals surface area contributed by atoms with Crippen LogP contribution in [0.3, 0.4) is 0 Å². The molecule has 1 saturated carbocycles. The summed E-state index contributed by atoms with van der Waals surface area (Å²) in [6, 6.07) is 3.99. The van der Waals surface area contributed by atoms with Crippen LogP contribution >= 0.6 is 12.4 Å². The zero-order valence-electron chi connectivity index (χ0n) is 16.2. The van der Waals surface area contributed by atoms with E-state index in [1.807, 2.05) is 11.9 Å². The average Bonchev–Trinajstić information content (AvgIpc) is 3.51. The van der Waals surface area contributed by atoms with Crippen molar-refractivity contribution >= 4 is 35.0 Å². The molecule has 0 atom stereocenters. The van der Waals surface area contributed by atoms with E-state index < -0.39 is 11.9 Å². The van der Waals surface area contributed by atoms with Crippen LogP contribution < -0.4 is 4.90 Å². The third kappa shape index (κ3) is 4.74. The lowest BCUT2D eigenvalue weighted by atomic mass is 9.96. The number of hydrogen-bond acceptors (Lipinski definition) is 4. The summed E-state index contributed by atoms with van der Waals surface area (Å²) in [6.07, 6.45) is 0.929. The molecule has 2 aromatic heterocycles. The number of pyridine rings is 2. The Kier molecular flexibility index (Phi) is 6.22.